The van der Waals surface area contributed by atoms with Crippen molar-refractivity contribution >= 4 is 27.6 Å². The predicted molar refractivity (Wildman–Crippen MR) is 169 cm³/mol. The van der Waals surface area contributed by atoms with Crippen LogP contribution >= 0.6 is 0 Å². The Balaban J connectivity index is 1.58. The molecular weight excluding hydrogens is 512 g/mol. The summed E-state index contributed by atoms with van der Waals surface area (Å²) in [7, 11) is 2.06. The predicted octanol–water partition coefficient (Wildman–Crippen LogP) is 9.30. The minimum atomic E-state index is -0.617. The Hall–Kier alpha value is -5.46. The second-order valence-corrected chi connectivity index (χ2v) is 11.1. The number of pyridine rings is 1. The van der Waals surface area contributed by atoms with Crippen molar-refractivity contribution in [2.45, 2.75) is 12.3 Å². The molecule has 0 fully saturated rings. The molecule has 1 aliphatic carbocycles. The summed E-state index contributed by atoms with van der Waals surface area (Å²) < 4.78 is 9.21. The molecule has 0 aliphatic heterocycles. The van der Waals surface area contributed by atoms with Crippen molar-refractivity contribution in [3.8, 4) is 22.4 Å². The molecule has 3 heteroatoms. The Morgan fingerprint density at radius 1 is 0.667 bits per heavy atom. The van der Waals surface area contributed by atoms with Crippen LogP contribution in [-0.4, -0.2) is 0 Å². The van der Waals surface area contributed by atoms with Gasteiger partial charge in [0.1, 0.15) is 18.2 Å². The van der Waals surface area contributed by atoms with Gasteiger partial charge in [0.2, 0.25) is 5.69 Å². The Kier molecular flexibility index (Phi) is 5.23. The number of nitrogens with zero attached hydrogens (tertiary/aromatic N) is 2. The van der Waals surface area contributed by atoms with Gasteiger partial charge in [-0.05, 0) is 46.4 Å². The lowest BCUT2D eigenvalue weighted by Gasteiger charge is -2.33. The van der Waals surface area contributed by atoms with Gasteiger partial charge in [0.05, 0.1) is 17.6 Å². The van der Waals surface area contributed by atoms with Crippen LogP contribution in [0.5, 0.6) is 0 Å². The first-order valence-corrected chi connectivity index (χ1v) is 14.2. The lowest BCUT2D eigenvalue weighted by atomic mass is 9.67. The van der Waals surface area contributed by atoms with Gasteiger partial charge < -0.3 is 4.42 Å². The van der Waals surface area contributed by atoms with Crippen LogP contribution in [0.25, 0.3) is 49.2 Å². The van der Waals surface area contributed by atoms with Crippen LogP contribution in [-0.2, 0) is 12.5 Å². The van der Waals surface area contributed by atoms with Crippen molar-refractivity contribution < 1.29 is 8.98 Å². The van der Waals surface area contributed by atoms with Crippen molar-refractivity contribution in [3.05, 3.63) is 167 Å². The lowest BCUT2D eigenvalue weighted by Crippen LogP contribution is -2.30. The fourth-order valence-electron chi connectivity index (χ4n) is 7.19. The molecule has 8 rings (SSSR count). The van der Waals surface area contributed by atoms with Crippen LogP contribution in [0.3, 0.4) is 0 Å². The Bertz CT molecular complexity index is 2190. The molecular formula is C39H27N2O+. The second-order valence-electron chi connectivity index (χ2n) is 11.1. The molecule has 198 valence electrons. The van der Waals surface area contributed by atoms with E-state index in [0.717, 1.165) is 44.3 Å². The summed E-state index contributed by atoms with van der Waals surface area (Å²) in [5.41, 5.74) is 11.9. The van der Waals surface area contributed by atoms with E-state index in [1.165, 1.54) is 27.8 Å². The molecule has 7 aromatic rings. The van der Waals surface area contributed by atoms with Gasteiger partial charge in [0, 0.05) is 28.5 Å². The van der Waals surface area contributed by atoms with Gasteiger partial charge in [-0.1, -0.05) is 103 Å². The summed E-state index contributed by atoms with van der Waals surface area (Å²) in [5.74, 6) is 0. The molecule has 0 amide bonds. The minimum Gasteiger partial charge on any atom is -0.456 e. The summed E-state index contributed by atoms with van der Waals surface area (Å²) in [5, 5.41) is 1.83. The number of aromatic nitrogens is 1. The molecule has 0 atom stereocenters. The Labute approximate surface area is 244 Å². The standard InChI is InChI=1S/C39H27N2O/c1-25-20-21-29-36-33(40-2)23-22-32(38(36)42-37(29)35(25)34-19-11-12-24-41(34)3)39(26-13-5-4-6-14-26)30-17-9-7-15-27(30)28-16-8-10-18-31(28)39/h4-24H,1,3H3/q+1. The molecule has 5 aromatic carbocycles. The van der Waals surface area contributed by atoms with Gasteiger partial charge in [0.25, 0.3) is 0 Å². The van der Waals surface area contributed by atoms with Crippen LogP contribution in [0.1, 0.15) is 27.8 Å². The van der Waals surface area contributed by atoms with Crippen LogP contribution in [0.4, 0.5) is 5.69 Å². The molecule has 0 bridgehead atoms. The fourth-order valence-corrected chi connectivity index (χ4v) is 7.19. The lowest BCUT2D eigenvalue weighted by molar-refractivity contribution is -0.660. The summed E-state index contributed by atoms with van der Waals surface area (Å²) in [6.45, 7) is 10.3. The van der Waals surface area contributed by atoms with Crippen LogP contribution in [0, 0.1) is 13.5 Å². The van der Waals surface area contributed by atoms with Crippen molar-refractivity contribution in [3.63, 3.8) is 0 Å². The van der Waals surface area contributed by atoms with Crippen molar-refractivity contribution in [2.24, 2.45) is 7.05 Å². The molecule has 3 nitrogen and oxygen atoms in total. The SMILES string of the molecule is [C-]#[N+]c1ccc(C2(c3ccccc3)c3ccccc3-c3ccccc32)c2oc3c(-c4cccc[n+]4C)c(C)ccc3c12. The van der Waals surface area contributed by atoms with E-state index in [-0.39, 0.29) is 0 Å². The number of furan rings is 1. The number of fused-ring (bicyclic) bond motifs is 6. The maximum Gasteiger partial charge on any atom is 0.216 e. The summed E-state index contributed by atoms with van der Waals surface area (Å²) in [6.07, 6.45) is 2.06. The van der Waals surface area contributed by atoms with Crippen LogP contribution in [0.15, 0.2) is 132 Å². The Morgan fingerprint density at radius 2 is 1.33 bits per heavy atom. The number of benzene rings is 5. The van der Waals surface area contributed by atoms with E-state index in [0.29, 0.717) is 5.69 Å². The third-order valence-corrected chi connectivity index (χ3v) is 8.97. The normalized spacial score (nSPS) is 13.2. The zero-order valence-electron chi connectivity index (χ0n) is 23.4. The topological polar surface area (TPSA) is 21.4 Å². The number of aryl methyl sites for hydroxylation is 2. The molecule has 1 aliphatic rings. The highest BCUT2D eigenvalue weighted by molar-refractivity contribution is 6.16. The van der Waals surface area contributed by atoms with E-state index in [1.54, 1.807) is 0 Å². The molecule has 0 saturated heterocycles. The van der Waals surface area contributed by atoms with Crippen molar-refractivity contribution in [1.29, 1.82) is 0 Å². The molecule has 0 radical (unpaired) electrons. The number of rotatable bonds is 3. The fraction of sp³-hybridized carbons (Fsp3) is 0.0769. The van der Waals surface area contributed by atoms with Gasteiger partial charge in [-0.2, -0.15) is 0 Å². The maximum atomic E-state index is 8.14. The molecule has 42 heavy (non-hydrogen) atoms. The summed E-state index contributed by atoms with van der Waals surface area (Å²) in [6, 6.07) is 42.7. The molecule has 2 aromatic heterocycles. The molecule has 0 N–H and O–H groups in total. The summed E-state index contributed by atoms with van der Waals surface area (Å²) >= 11 is 0. The third kappa shape index (κ3) is 3.12. The zero-order chi connectivity index (χ0) is 28.4. The first-order chi connectivity index (χ1) is 20.6. The maximum absolute atomic E-state index is 8.14. The summed E-state index contributed by atoms with van der Waals surface area (Å²) in [4.78, 5) is 4.00. The largest absolute Gasteiger partial charge is 0.456 e. The van der Waals surface area contributed by atoms with Gasteiger partial charge in [-0.15, -0.1) is 0 Å². The monoisotopic (exact) mass is 539 g/mol. The van der Waals surface area contributed by atoms with Crippen LogP contribution in [0.2, 0.25) is 0 Å². The highest BCUT2D eigenvalue weighted by Crippen LogP contribution is 2.58. The second kappa shape index (κ2) is 9.03. The molecule has 0 spiro atoms. The van der Waals surface area contributed by atoms with Crippen molar-refractivity contribution in [1.82, 2.24) is 0 Å². The van der Waals surface area contributed by atoms with Crippen LogP contribution < -0.4 is 4.57 Å². The van der Waals surface area contributed by atoms with E-state index in [2.05, 4.69) is 139 Å². The highest BCUT2D eigenvalue weighted by atomic mass is 16.3. The molecule has 2 heterocycles. The average molecular weight is 540 g/mol. The zero-order valence-corrected chi connectivity index (χ0v) is 23.4. The third-order valence-electron chi connectivity index (χ3n) is 8.97. The van der Waals surface area contributed by atoms with Gasteiger partial charge >= 0.3 is 0 Å². The van der Waals surface area contributed by atoms with E-state index < -0.39 is 5.41 Å². The number of hydrogen-bond acceptors (Lipinski definition) is 1. The van der Waals surface area contributed by atoms with Gasteiger partial charge in [-0.3, -0.25) is 0 Å². The van der Waals surface area contributed by atoms with Gasteiger partial charge in [0.15, 0.2) is 11.9 Å². The van der Waals surface area contributed by atoms with E-state index in [1.807, 2.05) is 12.1 Å². The quantitative estimate of drug-likeness (QED) is 0.162. The van der Waals surface area contributed by atoms with Crippen molar-refractivity contribution in [2.75, 3.05) is 0 Å². The molecule has 0 unspecified atom stereocenters. The van der Waals surface area contributed by atoms with Gasteiger partial charge in [-0.25, -0.2) is 9.41 Å². The van der Waals surface area contributed by atoms with E-state index >= 15 is 0 Å². The Morgan fingerprint density at radius 3 is 2.02 bits per heavy atom. The average Bonchev–Trinajstić information content (AvgIpc) is 3.56. The van der Waals surface area contributed by atoms with E-state index in [4.69, 9.17) is 11.0 Å². The number of hydrogen-bond donors (Lipinski definition) is 0. The smallest absolute Gasteiger partial charge is 0.216 e. The highest BCUT2D eigenvalue weighted by Gasteiger charge is 2.47. The van der Waals surface area contributed by atoms with E-state index in [9.17, 15) is 0 Å². The first-order valence-electron chi connectivity index (χ1n) is 14.2. The minimum absolute atomic E-state index is 0.600. The molecule has 0 saturated carbocycles. The first kappa shape index (κ1) is 24.3.